The van der Waals surface area contributed by atoms with Gasteiger partial charge in [0.25, 0.3) is 0 Å². The van der Waals surface area contributed by atoms with Crippen LogP contribution in [0.2, 0.25) is 18.6 Å². The van der Waals surface area contributed by atoms with Gasteiger partial charge in [0.15, 0.2) is 0 Å². The van der Waals surface area contributed by atoms with E-state index in [0.29, 0.717) is 11.8 Å². The fraction of sp³-hybridized carbons (Fsp3) is 0.500. The monoisotopic (exact) mass is 561 g/mol. The Morgan fingerprint density at radius 2 is 1.66 bits per heavy atom. The van der Waals surface area contributed by atoms with Crippen molar-refractivity contribution in [2.45, 2.75) is 77.6 Å². The minimum absolute atomic E-state index is 0. The number of fused-ring (bicyclic) bond motifs is 3. The molecule has 2 saturated carbocycles. The molecule has 0 spiro atoms. The molecule has 1 nitrogen and oxygen atoms in total. The molecule has 0 amide bonds. The van der Waals surface area contributed by atoms with Gasteiger partial charge in [-0.1, -0.05) is 103 Å². The zero-order valence-electron chi connectivity index (χ0n) is 22.5. The van der Waals surface area contributed by atoms with Crippen LogP contribution in [0.25, 0.3) is 21.3 Å². The second kappa shape index (κ2) is 11.6. The van der Waals surface area contributed by atoms with Crippen LogP contribution in [0.4, 0.5) is 0 Å². The predicted molar refractivity (Wildman–Crippen MR) is 156 cm³/mol. The maximum atomic E-state index is 5.49. The molecule has 190 valence electrons. The molecule has 5 rings (SSSR count). The first-order valence-corrected chi connectivity index (χ1v) is 20.0. The third-order valence-electron chi connectivity index (χ3n) is 7.99. The molecule has 0 aromatic heterocycles. The minimum atomic E-state index is -1.75. The second-order valence-electron chi connectivity index (χ2n) is 11.9. The van der Waals surface area contributed by atoms with Gasteiger partial charge in [-0.2, -0.15) is 0 Å². The number of benzene rings is 2. The second-order valence-corrected chi connectivity index (χ2v) is 18.7. The van der Waals surface area contributed by atoms with Gasteiger partial charge in [0.05, 0.1) is 0 Å². The summed E-state index contributed by atoms with van der Waals surface area (Å²) in [6.07, 6.45) is 7.91. The molecule has 5 heteroatoms. The van der Waals surface area contributed by atoms with Gasteiger partial charge in [-0.3, -0.25) is 0 Å². The summed E-state index contributed by atoms with van der Waals surface area (Å²) in [6, 6.07) is 15.9. The zero-order valence-corrected chi connectivity index (χ0v) is 26.5. The summed E-state index contributed by atoms with van der Waals surface area (Å²) in [7, 11) is 8.03. The van der Waals surface area contributed by atoms with E-state index in [9.17, 15) is 0 Å². The average molecular weight is 563 g/mol. The number of nitrogens with zero attached hydrogens (tertiary/aromatic N) is 1. The van der Waals surface area contributed by atoms with E-state index in [2.05, 4.69) is 89.3 Å². The molecule has 2 aromatic carbocycles. The van der Waals surface area contributed by atoms with E-state index < -0.39 is 25.3 Å². The van der Waals surface area contributed by atoms with Crippen LogP contribution < -0.4 is 0 Å². The summed E-state index contributed by atoms with van der Waals surface area (Å²) in [5.74, 6) is 2.06. The molecular formula is C30H41Cl2NSiTi-2. The molecule has 4 atom stereocenters. The summed E-state index contributed by atoms with van der Waals surface area (Å²) in [6.45, 7) is 14.4. The van der Waals surface area contributed by atoms with Crippen molar-refractivity contribution in [3.8, 4) is 0 Å². The summed E-state index contributed by atoms with van der Waals surface area (Å²) >= 11 is -0.556. The molecule has 2 fully saturated rings. The molecule has 0 saturated heterocycles. The van der Waals surface area contributed by atoms with E-state index in [1.165, 1.54) is 42.0 Å². The Balaban J connectivity index is 0.000000815. The molecule has 2 aromatic rings. The first-order valence-electron chi connectivity index (χ1n) is 12.7. The van der Waals surface area contributed by atoms with Crippen molar-refractivity contribution < 1.29 is 17.0 Å². The van der Waals surface area contributed by atoms with Crippen LogP contribution >= 0.6 is 18.6 Å². The quantitative estimate of drug-likeness (QED) is 0.261. The molecule has 3 aliphatic carbocycles. The van der Waals surface area contributed by atoms with E-state index >= 15 is 0 Å². The Morgan fingerprint density at radius 3 is 2.34 bits per heavy atom. The summed E-state index contributed by atoms with van der Waals surface area (Å²) < 4.78 is 0. The van der Waals surface area contributed by atoms with Crippen molar-refractivity contribution in [3.63, 3.8) is 0 Å². The Kier molecular flexibility index (Phi) is 9.67. The number of rotatable bonds is 3. The van der Waals surface area contributed by atoms with Gasteiger partial charge in [-0.25, -0.2) is 0 Å². The standard InChI is InChI=1S/C29H38NSi.CH3.2ClH.Ti/c1-19-17-25-26(28(19)31(5,6)30-29(2,3)4)18-21-13-10-15-23(21)27(25)24-16-9-12-20-11-7-8-14-22(20)24;;;;/h7-9,11-12,14,16,18-19,25-26,28H,10,13,15,17H2,1-6H3;1H3;2*1H;/q2*-1;;;+2/p-2. The average Bonchev–Trinajstić information content (AvgIpc) is 3.34. The summed E-state index contributed by atoms with van der Waals surface area (Å²) in [5.41, 5.74) is 7.36. The number of hydrogen-bond acceptors (Lipinski definition) is 0. The Hall–Kier alpha value is -0.349. The molecular weight excluding hydrogens is 521 g/mol. The Bertz CT molecular complexity index is 1100. The topological polar surface area (TPSA) is 14.1 Å². The normalized spacial score (nSPS) is 25.8. The van der Waals surface area contributed by atoms with Crippen LogP contribution in [0.1, 0.15) is 58.9 Å². The third-order valence-corrected chi connectivity index (χ3v) is 11.8. The number of hydrogen-bond donors (Lipinski definition) is 0. The summed E-state index contributed by atoms with van der Waals surface area (Å²) in [5, 5.41) is 2.81. The van der Waals surface area contributed by atoms with Crippen LogP contribution in [0.3, 0.4) is 0 Å². The van der Waals surface area contributed by atoms with Gasteiger partial charge in [-0.05, 0) is 76.5 Å². The van der Waals surface area contributed by atoms with Crippen molar-refractivity contribution in [1.82, 2.24) is 0 Å². The van der Waals surface area contributed by atoms with Crippen LogP contribution in [0.15, 0.2) is 59.7 Å². The molecule has 0 radical (unpaired) electrons. The van der Waals surface area contributed by atoms with Crippen molar-refractivity contribution in [2.24, 2.45) is 17.8 Å². The van der Waals surface area contributed by atoms with Crippen molar-refractivity contribution >= 4 is 43.2 Å². The van der Waals surface area contributed by atoms with E-state index in [-0.39, 0.29) is 13.0 Å². The summed E-state index contributed by atoms with van der Waals surface area (Å²) in [4.78, 5) is 5.49. The SMILES string of the molecule is CC1CC2C(c3cccc4ccccc34)=C3CCCC3=CC2C1[Si](C)(C)[N-]C(C)(C)C.[CH3-].[Cl][Ti][Cl]. The third kappa shape index (κ3) is 6.05. The van der Waals surface area contributed by atoms with Gasteiger partial charge in [0, 0.05) is 0 Å². The molecule has 0 heterocycles. The molecule has 0 N–H and O–H groups in total. The van der Waals surface area contributed by atoms with Crippen LogP contribution in [0.5, 0.6) is 0 Å². The first-order chi connectivity index (χ1) is 16.1. The Labute approximate surface area is 231 Å². The predicted octanol–water partition coefficient (Wildman–Crippen LogP) is 10.6. The number of allylic oxidation sites excluding steroid dienone is 4. The fourth-order valence-corrected chi connectivity index (χ4v) is 12.2. The van der Waals surface area contributed by atoms with E-state index in [1.54, 1.807) is 16.7 Å². The van der Waals surface area contributed by atoms with Gasteiger partial charge in [0.1, 0.15) is 0 Å². The molecule has 35 heavy (non-hydrogen) atoms. The van der Waals surface area contributed by atoms with E-state index in [4.69, 9.17) is 23.6 Å². The molecule has 0 bridgehead atoms. The van der Waals surface area contributed by atoms with E-state index in [1.807, 2.05) is 0 Å². The van der Waals surface area contributed by atoms with Crippen molar-refractivity contribution in [2.75, 3.05) is 0 Å². The fourth-order valence-electron chi connectivity index (χ4n) is 7.51. The molecule has 4 unspecified atom stereocenters. The maximum absolute atomic E-state index is 5.49. The van der Waals surface area contributed by atoms with Gasteiger partial charge in [-0.15, -0.1) is 5.54 Å². The zero-order chi connectivity index (χ0) is 24.7. The van der Waals surface area contributed by atoms with Crippen molar-refractivity contribution in [3.05, 3.63) is 77.7 Å². The first kappa shape index (κ1) is 29.2. The van der Waals surface area contributed by atoms with Crippen LogP contribution in [0, 0.1) is 25.2 Å². The van der Waals surface area contributed by atoms with Gasteiger partial charge < -0.3 is 12.4 Å². The van der Waals surface area contributed by atoms with Crippen molar-refractivity contribution in [1.29, 1.82) is 0 Å². The van der Waals surface area contributed by atoms with Crippen LogP contribution in [-0.2, 0) is 17.0 Å². The van der Waals surface area contributed by atoms with Gasteiger partial charge in [0.2, 0.25) is 0 Å². The van der Waals surface area contributed by atoms with E-state index in [0.717, 1.165) is 11.5 Å². The molecule has 3 aliphatic rings. The van der Waals surface area contributed by atoms with Gasteiger partial charge >= 0.3 is 35.6 Å². The Morgan fingerprint density at radius 1 is 1.00 bits per heavy atom. The molecule has 0 aliphatic heterocycles. The van der Waals surface area contributed by atoms with Crippen LogP contribution in [-0.4, -0.2) is 13.8 Å². The number of halogens is 2.